The highest BCUT2D eigenvalue weighted by atomic mass is 35.5. The van der Waals surface area contributed by atoms with Crippen LogP contribution in [0.1, 0.15) is 30.0 Å². The lowest BCUT2D eigenvalue weighted by molar-refractivity contribution is 0.0741. The molecule has 0 saturated heterocycles. The maximum absolute atomic E-state index is 11.0. The van der Waals surface area contributed by atoms with Crippen molar-refractivity contribution in [3.05, 3.63) is 16.7 Å². The summed E-state index contributed by atoms with van der Waals surface area (Å²) < 4.78 is 5.11. The Kier molecular flexibility index (Phi) is 3.58. The number of ether oxygens (including phenoxy) is 1. The van der Waals surface area contributed by atoms with Crippen molar-refractivity contribution in [1.82, 2.24) is 9.97 Å². The summed E-state index contributed by atoms with van der Waals surface area (Å²) >= 11 is 5.62. The predicted octanol–water partition coefficient (Wildman–Crippen LogP) is 0.938. The Morgan fingerprint density at radius 3 is 2.75 bits per heavy atom. The number of halogens is 1. The number of aromatic amines is 1. The molecule has 16 heavy (non-hydrogen) atoms. The normalized spacial score (nSPS) is 10.8. The Balaban J connectivity index is 3.10. The van der Waals surface area contributed by atoms with Gasteiger partial charge in [0.2, 0.25) is 5.28 Å². The van der Waals surface area contributed by atoms with Gasteiger partial charge in [0.25, 0.3) is 5.91 Å². The van der Waals surface area contributed by atoms with E-state index in [1.807, 2.05) is 0 Å². The third-order valence-electron chi connectivity index (χ3n) is 1.91. The van der Waals surface area contributed by atoms with E-state index >= 15 is 0 Å². The van der Waals surface area contributed by atoms with Gasteiger partial charge >= 0.3 is 0 Å². The van der Waals surface area contributed by atoms with Crippen LogP contribution in [0, 0.1) is 11.8 Å². The lowest BCUT2D eigenvalue weighted by Gasteiger charge is -2.13. The minimum absolute atomic E-state index is 0.0319. The molecule has 3 N–H and O–H groups in total. The van der Waals surface area contributed by atoms with Crippen molar-refractivity contribution in [3.8, 4) is 11.8 Å². The van der Waals surface area contributed by atoms with Crippen LogP contribution < -0.4 is 5.73 Å². The molecule has 0 bridgehead atoms. The number of carbonyl (C=O) groups excluding carboxylic acids is 1. The van der Waals surface area contributed by atoms with E-state index in [-0.39, 0.29) is 11.0 Å². The topological polar surface area (TPSA) is 81.0 Å². The zero-order chi connectivity index (χ0) is 12.3. The molecule has 1 amide bonds. The molecule has 0 radical (unpaired) electrons. The van der Waals surface area contributed by atoms with Gasteiger partial charge in [0.1, 0.15) is 11.3 Å². The first-order valence-electron chi connectivity index (χ1n) is 4.49. The maximum Gasteiger partial charge on any atom is 0.270 e. The average Bonchev–Trinajstić information content (AvgIpc) is 2.57. The molecule has 0 aromatic carbocycles. The van der Waals surface area contributed by atoms with E-state index in [2.05, 4.69) is 21.8 Å². The third kappa shape index (κ3) is 2.99. The molecule has 1 heterocycles. The van der Waals surface area contributed by atoms with Gasteiger partial charge in [-0.15, -0.1) is 0 Å². The van der Waals surface area contributed by atoms with Gasteiger partial charge in [0.15, 0.2) is 5.69 Å². The summed E-state index contributed by atoms with van der Waals surface area (Å²) in [6, 6.07) is 0. The lowest BCUT2D eigenvalue weighted by Crippen LogP contribution is -2.19. The molecule has 0 unspecified atom stereocenters. The van der Waals surface area contributed by atoms with E-state index in [9.17, 15) is 4.79 Å². The Labute approximate surface area is 98.3 Å². The van der Waals surface area contributed by atoms with E-state index in [4.69, 9.17) is 22.1 Å². The van der Waals surface area contributed by atoms with Crippen molar-refractivity contribution in [3.63, 3.8) is 0 Å². The number of methoxy groups -OCH3 is 1. The average molecular weight is 242 g/mol. The number of rotatable bonds is 2. The lowest BCUT2D eigenvalue weighted by atomic mass is 10.1. The Hall–Kier alpha value is -1.51. The molecular weight excluding hydrogens is 230 g/mol. The van der Waals surface area contributed by atoms with E-state index in [1.54, 1.807) is 21.0 Å². The number of H-pyrrole nitrogens is 1. The van der Waals surface area contributed by atoms with E-state index in [0.717, 1.165) is 0 Å². The summed E-state index contributed by atoms with van der Waals surface area (Å²) in [7, 11) is 1.55. The highest BCUT2D eigenvalue weighted by Gasteiger charge is 2.15. The predicted molar refractivity (Wildman–Crippen MR) is 60.1 cm³/mol. The summed E-state index contributed by atoms with van der Waals surface area (Å²) in [4.78, 5) is 17.4. The van der Waals surface area contributed by atoms with Crippen LogP contribution in [0.4, 0.5) is 0 Å². The first kappa shape index (κ1) is 12.6. The minimum Gasteiger partial charge on any atom is -0.366 e. The third-order valence-corrected chi connectivity index (χ3v) is 2.09. The number of carbonyl (C=O) groups is 1. The summed E-state index contributed by atoms with van der Waals surface area (Å²) in [5.41, 5.74) is 4.83. The monoisotopic (exact) mass is 241 g/mol. The van der Waals surface area contributed by atoms with Gasteiger partial charge < -0.3 is 15.5 Å². The van der Waals surface area contributed by atoms with Crippen molar-refractivity contribution in [2.24, 2.45) is 5.73 Å². The molecular formula is C10H12ClN3O2. The molecule has 0 spiro atoms. The zero-order valence-electron chi connectivity index (χ0n) is 9.22. The Bertz CT molecular complexity index is 468. The van der Waals surface area contributed by atoms with Crippen molar-refractivity contribution in [2.75, 3.05) is 7.11 Å². The summed E-state index contributed by atoms with van der Waals surface area (Å²) in [5, 5.41) is 0.0772. The minimum atomic E-state index is -0.678. The second-order valence-corrected chi connectivity index (χ2v) is 3.94. The van der Waals surface area contributed by atoms with Crippen LogP contribution >= 0.6 is 11.6 Å². The van der Waals surface area contributed by atoms with Crippen LogP contribution in [0.5, 0.6) is 0 Å². The van der Waals surface area contributed by atoms with E-state index < -0.39 is 11.5 Å². The highest BCUT2D eigenvalue weighted by molar-refractivity contribution is 6.28. The van der Waals surface area contributed by atoms with Gasteiger partial charge in [0, 0.05) is 7.11 Å². The molecule has 0 aliphatic heterocycles. The fraction of sp³-hybridized carbons (Fsp3) is 0.400. The molecule has 86 valence electrons. The second kappa shape index (κ2) is 4.56. The largest absolute Gasteiger partial charge is 0.366 e. The van der Waals surface area contributed by atoms with Crippen LogP contribution in [-0.2, 0) is 4.74 Å². The SMILES string of the molecule is COC(C)(C)C#Cc1[nH]c(Cl)nc1C(N)=O. The van der Waals surface area contributed by atoms with Crippen molar-refractivity contribution in [1.29, 1.82) is 0 Å². The molecule has 5 nitrogen and oxygen atoms in total. The van der Waals surface area contributed by atoms with Crippen LogP contribution in [-0.4, -0.2) is 28.6 Å². The van der Waals surface area contributed by atoms with Crippen molar-refractivity contribution < 1.29 is 9.53 Å². The quantitative estimate of drug-likeness (QED) is 0.756. The summed E-state index contributed by atoms with van der Waals surface area (Å²) in [5.74, 6) is 4.87. The molecule has 0 aliphatic carbocycles. The molecule has 1 rings (SSSR count). The van der Waals surface area contributed by atoms with E-state index in [0.29, 0.717) is 5.69 Å². The second-order valence-electron chi connectivity index (χ2n) is 3.58. The van der Waals surface area contributed by atoms with Crippen molar-refractivity contribution >= 4 is 17.5 Å². The van der Waals surface area contributed by atoms with Gasteiger partial charge in [-0.25, -0.2) is 4.98 Å². The van der Waals surface area contributed by atoms with Gasteiger partial charge in [-0.3, -0.25) is 4.79 Å². The molecule has 0 fully saturated rings. The number of primary amides is 1. The van der Waals surface area contributed by atoms with Crippen LogP contribution in [0.3, 0.4) is 0 Å². The molecule has 0 saturated carbocycles. The molecule has 6 heteroatoms. The van der Waals surface area contributed by atoms with Crippen LogP contribution in [0.15, 0.2) is 0 Å². The van der Waals surface area contributed by atoms with Crippen molar-refractivity contribution in [2.45, 2.75) is 19.4 Å². The number of hydrogen-bond acceptors (Lipinski definition) is 3. The molecule has 0 aliphatic rings. The smallest absolute Gasteiger partial charge is 0.270 e. The number of nitrogens with zero attached hydrogens (tertiary/aromatic N) is 1. The molecule has 1 aromatic heterocycles. The Morgan fingerprint density at radius 2 is 2.25 bits per heavy atom. The first-order chi connectivity index (χ1) is 7.35. The summed E-state index contributed by atoms with van der Waals surface area (Å²) in [6.07, 6.45) is 0. The first-order valence-corrected chi connectivity index (χ1v) is 4.87. The van der Waals surface area contributed by atoms with Gasteiger partial charge in [-0.1, -0.05) is 5.92 Å². The summed E-state index contributed by atoms with van der Waals surface area (Å²) in [6.45, 7) is 3.59. The number of nitrogens with two attached hydrogens (primary N) is 1. The molecule has 0 atom stereocenters. The van der Waals surface area contributed by atoms with E-state index in [1.165, 1.54) is 0 Å². The molecule has 1 aromatic rings. The number of imidazole rings is 1. The fourth-order valence-electron chi connectivity index (χ4n) is 0.877. The number of nitrogens with one attached hydrogen (secondary N) is 1. The van der Waals surface area contributed by atoms with Crippen LogP contribution in [0.2, 0.25) is 5.28 Å². The highest BCUT2D eigenvalue weighted by Crippen LogP contribution is 2.10. The Morgan fingerprint density at radius 1 is 1.62 bits per heavy atom. The number of aromatic nitrogens is 2. The maximum atomic E-state index is 11.0. The zero-order valence-corrected chi connectivity index (χ0v) is 9.97. The van der Waals surface area contributed by atoms with Gasteiger partial charge in [-0.05, 0) is 31.4 Å². The van der Waals surface area contributed by atoms with Gasteiger partial charge in [-0.2, -0.15) is 0 Å². The van der Waals surface area contributed by atoms with Gasteiger partial charge in [0.05, 0.1) is 0 Å². The fourth-order valence-corrected chi connectivity index (χ4v) is 1.06. The van der Waals surface area contributed by atoms with Crippen LogP contribution in [0.25, 0.3) is 0 Å². The standard InChI is InChI=1S/C10H12ClN3O2/c1-10(2,16-3)5-4-6-7(8(12)15)14-9(11)13-6/h1-3H3,(H2,12,15)(H,13,14). The number of hydrogen-bond donors (Lipinski definition) is 2. The number of amides is 1.